The number of hydrogen-bond acceptors (Lipinski definition) is 2. The van der Waals surface area contributed by atoms with Crippen LogP contribution in [0.15, 0.2) is 17.0 Å². The van der Waals surface area contributed by atoms with Crippen molar-refractivity contribution in [3.05, 3.63) is 28.8 Å². The molecule has 0 spiro atoms. The Bertz CT molecular complexity index is 435. The summed E-state index contributed by atoms with van der Waals surface area (Å²) < 4.78 is 22.2. The largest absolute Gasteiger partial charge is 0.261 e. The van der Waals surface area contributed by atoms with Crippen molar-refractivity contribution >= 4 is 19.7 Å². The van der Waals surface area contributed by atoms with Crippen molar-refractivity contribution in [1.29, 1.82) is 0 Å². The SMILES string of the molecule is Cc1cc(C)c(C)c(S(=O)(=O)Cl)c1. The van der Waals surface area contributed by atoms with E-state index in [2.05, 4.69) is 0 Å². The third kappa shape index (κ3) is 2.23. The van der Waals surface area contributed by atoms with Gasteiger partial charge in [-0.2, -0.15) is 0 Å². The van der Waals surface area contributed by atoms with Gasteiger partial charge in [0.05, 0.1) is 4.90 Å². The van der Waals surface area contributed by atoms with Gasteiger partial charge in [-0.3, -0.25) is 0 Å². The van der Waals surface area contributed by atoms with Crippen molar-refractivity contribution in [3.63, 3.8) is 0 Å². The zero-order valence-corrected chi connectivity index (χ0v) is 9.33. The van der Waals surface area contributed by atoms with Crippen LogP contribution in [0, 0.1) is 20.8 Å². The minimum absolute atomic E-state index is 0.215. The van der Waals surface area contributed by atoms with Gasteiger partial charge in [-0.1, -0.05) is 6.07 Å². The minimum atomic E-state index is -3.61. The second-order valence-corrected chi connectivity index (χ2v) is 5.68. The monoisotopic (exact) mass is 218 g/mol. The lowest BCUT2D eigenvalue weighted by molar-refractivity contribution is 0.609. The lowest BCUT2D eigenvalue weighted by atomic mass is 10.1. The highest BCUT2D eigenvalue weighted by atomic mass is 35.7. The molecule has 1 rings (SSSR count). The van der Waals surface area contributed by atoms with Gasteiger partial charge in [0.15, 0.2) is 0 Å². The first-order valence-electron chi connectivity index (χ1n) is 3.85. The number of halogens is 1. The van der Waals surface area contributed by atoms with E-state index in [1.54, 1.807) is 13.0 Å². The highest BCUT2D eigenvalue weighted by Gasteiger charge is 2.14. The van der Waals surface area contributed by atoms with E-state index in [1.807, 2.05) is 19.9 Å². The summed E-state index contributed by atoms with van der Waals surface area (Å²) in [5.41, 5.74) is 2.57. The van der Waals surface area contributed by atoms with Gasteiger partial charge in [0.25, 0.3) is 9.05 Å². The maximum atomic E-state index is 11.1. The van der Waals surface area contributed by atoms with Crippen LogP contribution in [0.25, 0.3) is 0 Å². The molecule has 0 saturated heterocycles. The molecule has 0 N–H and O–H groups in total. The van der Waals surface area contributed by atoms with E-state index in [-0.39, 0.29) is 4.90 Å². The second-order valence-electron chi connectivity index (χ2n) is 3.14. The smallest absolute Gasteiger partial charge is 0.207 e. The number of benzene rings is 1. The van der Waals surface area contributed by atoms with Crippen molar-refractivity contribution in [3.8, 4) is 0 Å². The summed E-state index contributed by atoms with van der Waals surface area (Å²) >= 11 is 0. The van der Waals surface area contributed by atoms with Crippen molar-refractivity contribution in [2.75, 3.05) is 0 Å². The molecule has 0 aliphatic carbocycles. The van der Waals surface area contributed by atoms with Gasteiger partial charge in [0.1, 0.15) is 0 Å². The summed E-state index contributed by atoms with van der Waals surface area (Å²) in [4.78, 5) is 0.215. The van der Waals surface area contributed by atoms with Crippen LogP contribution in [0.1, 0.15) is 16.7 Å². The lowest BCUT2D eigenvalue weighted by Crippen LogP contribution is -1.97. The van der Waals surface area contributed by atoms with Gasteiger partial charge in [-0.25, -0.2) is 8.42 Å². The Morgan fingerprint density at radius 3 is 2.15 bits per heavy atom. The van der Waals surface area contributed by atoms with Gasteiger partial charge < -0.3 is 0 Å². The molecule has 0 fully saturated rings. The molecular weight excluding hydrogens is 208 g/mol. The van der Waals surface area contributed by atoms with Crippen LogP contribution in [0.3, 0.4) is 0 Å². The van der Waals surface area contributed by atoms with Crippen LogP contribution in [-0.4, -0.2) is 8.42 Å². The first-order valence-corrected chi connectivity index (χ1v) is 6.16. The Kier molecular flexibility index (Phi) is 2.68. The number of rotatable bonds is 1. The third-order valence-corrected chi connectivity index (χ3v) is 3.47. The first kappa shape index (κ1) is 10.5. The predicted octanol–water partition coefficient (Wildman–Crippen LogP) is 2.54. The third-order valence-electron chi connectivity index (χ3n) is 2.03. The van der Waals surface area contributed by atoms with E-state index in [0.717, 1.165) is 16.7 Å². The van der Waals surface area contributed by atoms with Crippen molar-refractivity contribution in [2.24, 2.45) is 0 Å². The van der Waals surface area contributed by atoms with Crippen LogP contribution >= 0.6 is 10.7 Å². The van der Waals surface area contributed by atoms with Crippen LogP contribution < -0.4 is 0 Å². The van der Waals surface area contributed by atoms with Crippen LogP contribution in [0.4, 0.5) is 0 Å². The number of aryl methyl sites for hydroxylation is 2. The summed E-state index contributed by atoms with van der Waals surface area (Å²) in [6.45, 7) is 5.47. The summed E-state index contributed by atoms with van der Waals surface area (Å²) in [6.07, 6.45) is 0. The van der Waals surface area contributed by atoms with E-state index < -0.39 is 9.05 Å². The standard InChI is InChI=1S/C9H11ClO2S/c1-6-4-7(2)8(3)9(5-6)13(10,11)12/h4-5H,1-3H3. The molecule has 0 aliphatic rings. The molecule has 0 amide bonds. The highest BCUT2D eigenvalue weighted by molar-refractivity contribution is 8.13. The summed E-state index contributed by atoms with van der Waals surface area (Å²) in [5.74, 6) is 0. The molecular formula is C9H11ClO2S. The summed E-state index contributed by atoms with van der Waals surface area (Å²) in [7, 11) is 1.67. The molecule has 72 valence electrons. The van der Waals surface area contributed by atoms with Crippen LogP contribution in [-0.2, 0) is 9.05 Å². The summed E-state index contributed by atoms with van der Waals surface area (Å²) in [5, 5.41) is 0. The van der Waals surface area contributed by atoms with E-state index >= 15 is 0 Å². The molecule has 1 aromatic carbocycles. The van der Waals surface area contributed by atoms with Gasteiger partial charge in [-0.15, -0.1) is 0 Å². The maximum absolute atomic E-state index is 11.1. The zero-order chi connectivity index (χ0) is 10.2. The molecule has 0 unspecified atom stereocenters. The average Bonchev–Trinajstić information content (AvgIpc) is 1.94. The van der Waals surface area contributed by atoms with Gasteiger partial charge in [0.2, 0.25) is 0 Å². The van der Waals surface area contributed by atoms with Crippen LogP contribution in [0.2, 0.25) is 0 Å². The van der Waals surface area contributed by atoms with Crippen molar-refractivity contribution in [2.45, 2.75) is 25.7 Å². The molecule has 2 nitrogen and oxygen atoms in total. The van der Waals surface area contributed by atoms with E-state index in [1.165, 1.54) is 0 Å². The Morgan fingerprint density at radius 1 is 1.15 bits per heavy atom. The minimum Gasteiger partial charge on any atom is -0.207 e. The molecule has 0 bridgehead atoms. The highest BCUT2D eigenvalue weighted by Crippen LogP contribution is 2.23. The van der Waals surface area contributed by atoms with Gasteiger partial charge >= 0.3 is 0 Å². The zero-order valence-electron chi connectivity index (χ0n) is 7.76. The molecule has 0 heterocycles. The maximum Gasteiger partial charge on any atom is 0.261 e. The molecule has 0 aliphatic heterocycles. The molecule has 0 aromatic heterocycles. The lowest BCUT2D eigenvalue weighted by Gasteiger charge is -2.06. The van der Waals surface area contributed by atoms with Crippen molar-refractivity contribution < 1.29 is 8.42 Å². The van der Waals surface area contributed by atoms with Gasteiger partial charge in [-0.05, 0) is 43.5 Å². The quantitative estimate of drug-likeness (QED) is 0.679. The fourth-order valence-electron chi connectivity index (χ4n) is 1.25. The fourth-order valence-corrected chi connectivity index (χ4v) is 2.59. The number of hydrogen-bond donors (Lipinski definition) is 0. The molecule has 13 heavy (non-hydrogen) atoms. The average molecular weight is 219 g/mol. The van der Waals surface area contributed by atoms with Crippen LogP contribution in [0.5, 0.6) is 0 Å². The normalized spacial score (nSPS) is 11.7. The predicted molar refractivity (Wildman–Crippen MR) is 53.7 cm³/mol. The van der Waals surface area contributed by atoms with E-state index in [4.69, 9.17) is 10.7 Å². The molecule has 1 aromatic rings. The van der Waals surface area contributed by atoms with E-state index in [0.29, 0.717) is 0 Å². The topological polar surface area (TPSA) is 34.1 Å². The summed E-state index contributed by atoms with van der Waals surface area (Å²) in [6, 6.07) is 3.52. The first-order chi connectivity index (χ1) is 5.82. The molecule has 0 radical (unpaired) electrons. The molecule has 0 saturated carbocycles. The van der Waals surface area contributed by atoms with Gasteiger partial charge in [0, 0.05) is 10.7 Å². The fraction of sp³-hybridized carbons (Fsp3) is 0.333. The van der Waals surface area contributed by atoms with E-state index in [9.17, 15) is 8.42 Å². The molecule has 0 atom stereocenters. The molecule has 4 heteroatoms. The van der Waals surface area contributed by atoms with Crippen molar-refractivity contribution in [1.82, 2.24) is 0 Å². The second kappa shape index (κ2) is 3.31. The Balaban J connectivity index is 3.56. The Morgan fingerprint density at radius 2 is 1.69 bits per heavy atom. The Labute approximate surface area is 83.0 Å². The Hall–Kier alpha value is -0.540.